The third-order valence-corrected chi connectivity index (χ3v) is 5.86. The molecule has 1 fully saturated rings. The zero-order valence-electron chi connectivity index (χ0n) is 11.3. The van der Waals surface area contributed by atoms with E-state index in [-0.39, 0.29) is 5.25 Å². The van der Waals surface area contributed by atoms with E-state index in [0.717, 1.165) is 26.1 Å². The molecule has 0 bridgehead atoms. The van der Waals surface area contributed by atoms with Gasteiger partial charge in [-0.15, -0.1) is 0 Å². The highest BCUT2D eigenvalue weighted by molar-refractivity contribution is 7.83. The highest BCUT2D eigenvalue weighted by atomic mass is 32.2. The Balaban J connectivity index is 1.89. The van der Waals surface area contributed by atoms with Crippen LogP contribution in [-0.2, 0) is 17.5 Å². The van der Waals surface area contributed by atoms with Gasteiger partial charge in [0.25, 0.3) is 0 Å². The molecule has 0 aliphatic carbocycles. The summed E-state index contributed by atoms with van der Waals surface area (Å²) in [5.41, 5.74) is 1.60. The lowest BCUT2D eigenvalue weighted by atomic mass is 9.68. The molecule has 0 aromatic carbocycles. The summed E-state index contributed by atoms with van der Waals surface area (Å²) in [5.74, 6) is 0.444. The molecule has 2 aliphatic heterocycles. The maximum atomic E-state index is 11.5. The summed E-state index contributed by atoms with van der Waals surface area (Å²) in [6.45, 7) is 5.14. The summed E-state index contributed by atoms with van der Waals surface area (Å²) >= 11 is 0. The van der Waals surface area contributed by atoms with Gasteiger partial charge in [0.2, 0.25) is 0 Å². The van der Waals surface area contributed by atoms with Gasteiger partial charge in [0, 0.05) is 35.0 Å². The molecule has 0 amide bonds. The average Bonchev–Trinajstić information content (AvgIpc) is 2.92. The van der Waals surface area contributed by atoms with Crippen molar-refractivity contribution < 1.29 is 4.21 Å². The van der Waals surface area contributed by atoms with Gasteiger partial charge in [0.1, 0.15) is 0 Å². The lowest BCUT2D eigenvalue weighted by molar-refractivity contribution is 0.150. The van der Waals surface area contributed by atoms with Crippen molar-refractivity contribution in [3.63, 3.8) is 0 Å². The van der Waals surface area contributed by atoms with Crippen LogP contribution in [0.5, 0.6) is 0 Å². The van der Waals surface area contributed by atoms with E-state index in [1.54, 1.807) is 0 Å². The molecular formula is C13H22N4OS. The van der Waals surface area contributed by atoms with Crippen molar-refractivity contribution in [1.29, 1.82) is 0 Å². The molecule has 19 heavy (non-hydrogen) atoms. The number of fused-ring (bicyclic) bond motifs is 1. The number of nitrogens with one attached hydrogen (secondary N) is 1. The van der Waals surface area contributed by atoms with Gasteiger partial charge in [0.05, 0.1) is 11.0 Å². The number of hydrogen-bond acceptors (Lipinski definition) is 3. The topological polar surface area (TPSA) is 72.9 Å². The molecule has 0 saturated carbocycles. The summed E-state index contributed by atoms with van der Waals surface area (Å²) in [4.78, 5) is 0. The van der Waals surface area contributed by atoms with Crippen LogP contribution in [0.4, 0.5) is 0 Å². The normalized spacial score (nSPS) is 28.2. The largest absolute Gasteiger partial charge is 0.317 e. The second-order valence-corrected chi connectivity index (χ2v) is 7.42. The monoisotopic (exact) mass is 282 g/mol. The van der Waals surface area contributed by atoms with E-state index in [4.69, 9.17) is 5.14 Å². The minimum Gasteiger partial charge on any atom is -0.317 e. The van der Waals surface area contributed by atoms with Crippen LogP contribution in [0.3, 0.4) is 0 Å². The molecular weight excluding hydrogens is 260 g/mol. The van der Waals surface area contributed by atoms with Crippen molar-refractivity contribution in [2.75, 3.05) is 13.1 Å². The van der Waals surface area contributed by atoms with Crippen LogP contribution in [0.2, 0.25) is 0 Å². The molecule has 1 spiro atoms. The van der Waals surface area contributed by atoms with Crippen LogP contribution in [0.15, 0.2) is 12.3 Å². The van der Waals surface area contributed by atoms with Gasteiger partial charge in [0.15, 0.2) is 0 Å². The third kappa shape index (κ3) is 2.26. The summed E-state index contributed by atoms with van der Waals surface area (Å²) in [7, 11) is -1.24. The molecule has 6 heteroatoms. The van der Waals surface area contributed by atoms with Gasteiger partial charge in [-0.2, -0.15) is 5.10 Å². The van der Waals surface area contributed by atoms with Crippen molar-refractivity contribution in [2.24, 2.45) is 10.6 Å². The molecule has 0 radical (unpaired) electrons. The minimum absolute atomic E-state index is 0.0400. The molecule has 3 atom stereocenters. The summed E-state index contributed by atoms with van der Waals surface area (Å²) in [6.07, 6.45) is 5.12. The van der Waals surface area contributed by atoms with Crippen molar-refractivity contribution in [3.05, 3.63) is 18.0 Å². The number of aromatic nitrogens is 2. The molecule has 2 unspecified atom stereocenters. The number of nitrogens with zero attached hydrogens (tertiary/aromatic N) is 2. The Morgan fingerprint density at radius 3 is 3.05 bits per heavy atom. The first-order valence-electron chi connectivity index (χ1n) is 7.00. The quantitative estimate of drug-likeness (QED) is 0.859. The zero-order chi connectivity index (χ0) is 13.5. The first kappa shape index (κ1) is 13.3. The Morgan fingerprint density at radius 1 is 1.63 bits per heavy atom. The van der Waals surface area contributed by atoms with Crippen molar-refractivity contribution in [3.8, 4) is 0 Å². The second-order valence-electron chi connectivity index (χ2n) is 5.95. The third-order valence-electron chi connectivity index (χ3n) is 4.87. The molecule has 3 N–H and O–H groups in total. The SMILES string of the molecule is CC(C[C@@H]1c2ccnn2CC12CCNCC2)S(N)=O. The Morgan fingerprint density at radius 2 is 2.37 bits per heavy atom. The standard InChI is InChI=1S/C13H22N4OS/c1-10(19(14)18)8-11-12-2-5-16-17(12)9-13(11)3-6-15-7-4-13/h2,5,10-11,15H,3-4,6-9,14H2,1H3/t10?,11-,19?/m1/s1. The van der Waals surface area contributed by atoms with Crippen LogP contribution >= 0.6 is 0 Å². The number of hydrogen-bond donors (Lipinski definition) is 2. The zero-order valence-corrected chi connectivity index (χ0v) is 12.2. The predicted octanol–water partition coefficient (Wildman–Crippen LogP) is 0.751. The van der Waals surface area contributed by atoms with E-state index in [9.17, 15) is 4.21 Å². The van der Waals surface area contributed by atoms with Crippen LogP contribution in [0.1, 0.15) is 37.8 Å². The lowest BCUT2D eigenvalue weighted by Gasteiger charge is -2.39. The molecule has 5 nitrogen and oxygen atoms in total. The van der Waals surface area contributed by atoms with E-state index < -0.39 is 11.0 Å². The van der Waals surface area contributed by atoms with E-state index in [1.165, 1.54) is 18.5 Å². The van der Waals surface area contributed by atoms with E-state index in [2.05, 4.69) is 21.2 Å². The fourth-order valence-corrected chi connectivity index (χ4v) is 4.10. The lowest BCUT2D eigenvalue weighted by Crippen LogP contribution is -2.41. The maximum absolute atomic E-state index is 11.5. The van der Waals surface area contributed by atoms with Crippen molar-refractivity contribution in [2.45, 2.75) is 43.9 Å². The Kier molecular flexibility index (Phi) is 3.49. The maximum Gasteiger partial charge on any atom is 0.0917 e. The predicted molar refractivity (Wildman–Crippen MR) is 75.9 cm³/mol. The summed E-state index contributed by atoms with van der Waals surface area (Å²) < 4.78 is 13.6. The molecule has 2 aliphatic rings. The number of piperidine rings is 1. The highest BCUT2D eigenvalue weighted by Gasteiger charge is 2.47. The molecule has 3 rings (SSSR count). The first-order valence-corrected chi connectivity index (χ1v) is 8.27. The Labute approximate surface area is 116 Å². The van der Waals surface area contributed by atoms with Crippen LogP contribution in [0.25, 0.3) is 0 Å². The number of rotatable bonds is 3. The van der Waals surface area contributed by atoms with Crippen LogP contribution < -0.4 is 10.5 Å². The molecule has 1 saturated heterocycles. The van der Waals surface area contributed by atoms with Crippen LogP contribution in [-0.4, -0.2) is 32.3 Å². The average molecular weight is 282 g/mol. The minimum atomic E-state index is -1.24. The van der Waals surface area contributed by atoms with Gasteiger partial charge in [-0.05, 0) is 45.3 Å². The van der Waals surface area contributed by atoms with E-state index in [1.807, 2.05) is 13.1 Å². The van der Waals surface area contributed by atoms with Gasteiger partial charge in [-0.1, -0.05) is 0 Å². The fraction of sp³-hybridized carbons (Fsp3) is 0.769. The van der Waals surface area contributed by atoms with Gasteiger partial charge in [-0.25, -0.2) is 4.21 Å². The fourth-order valence-electron chi connectivity index (χ4n) is 3.72. The van der Waals surface area contributed by atoms with Gasteiger partial charge < -0.3 is 5.32 Å². The van der Waals surface area contributed by atoms with Crippen molar-refractivity contribution in [1.82, 2.24) is 15.1 Å². The van der Waals surface area contributed by atoms with E-state index in [0.29, 0.717) is 11.3 Å². The smallest absolute Gasteiger partial charge is 0.0917 e. The highest BCUT2D eigenvalue weighted by Crippen LogP contribution is 2.51. The van der Waals surface area contributed by atoms with Crippen molar-refractivity contribution >= 4 is 11.0 Å². The molecule has 106 valence electrons. The molecule has 1 aromatic heterocycles. The summed E-state index contributed by atoms with van der Waals surface area (Å²) in [5, 5.41) is 13.5. The second kappa shape index (κ2) is 5.00. The Bertz CT molecular complexity index is 481. The summed E-state index contributed by atoms with van der Waals surface area (Å²) in [6, 6.07) is 2.12. The van der Waals surface area contributed by atoms with Crippen LogP contribution in [0, 0.1) is 5.41 Å². The van der Waals surface area contributed by atoms with Gasteiger partial charge in [-0.3, -0.25) is 9.82 Å². The molecule has 1 aromatic rings. The number of nitrogens with two attached hydrogens (primary N) is 1. The van der Waals surface area contributed by atoms with E-state index >= 15 is 0 Å². The van der Waals surface area contributed by atoms with Gasteiger partial charge >= 0.3 is 0 Å². The Hall–Kier alpha value is -0.720. The molecule has 3 heterocycles. The first-order chi connectivity index (χ1) is 9.12.